The first-order chi connectivity index (χ1) is 5.49. The Labute approximate surface area is 77.4 Å². The van der Waals surface area contributed by atoms with Gasteiger partial charge in [-0.2, -0.15) is 0 Å². The van der Waals surface area contributed by atoms with E-state index in [2.05, 4.69) is 33.4 Å². The summed E-state index contributed by atoms with van der Waals surface area (Å²) in [6, 6.07) is 0. The van der Waals surface area contributed by atoms with Crippen LogP contribution in [-0.4, -0.2) is 0 Å². The first-order valence-corrected chi connectivity index (χ1v) is 4.85. The predicted molar refractivity (Wildman–Crippen MR) is 57.3 cm³/mol. The zero-order valence-corrected chi connectivity index (χ0v) is 9.20. The van der Waals surface area contributed by atoms with Crippen LogP contribution >= 0.6 is 0 Å². The van der Waals surface area contributed by atoms with E-state index >= 15 is 0 Å². The fraction of sp³-hybridized carbons (Fsp3) is 0.667. The smallest absolute Gasteiger partial charge is 0.0230 e. The molecule has 0 amide bonds. The van der Waals surface area contributed by atoms with Crippen molar-refractivity contribution in [3.05, 3.63) is 23.8 Å². The average Bonchev–Trinajstić information content (AvgIpc) is 1.85. The Bertz CT molecular complexity index is 182. The van der Waals surface area contributed by atoms with Crippen LogP contribution in [0.1, 0.15) is 47.5 Å². The molecule has 0 atom stereocenters. The molecule has 0 aromatic heterocycles. The highest BCUT2D eigenvalue weighted by atomic mass is 14.3. The van der Waals surface area contributed by atoms with Crippen LogP contribution in [0.15, 0.2) is 23.8 Å². The van der Waals surface area contributed by atoms with Gasteiger partial charge in [0.15, 0.2) is 0 Å². The Balaban J connectivity index is 0.000000561. The predicted octanol–water partition coefficient (Wildman–Crippen LogP) is 4.34. The van der Waals surface area contributed by atoms with Crippen molar-refractivity contribution in [2.45, 2.75) is 47.5 Å². The largest absolute Gasteiger partial charge is 0.0958 e. The second-order valence-electron chi connectivity index (χ2n) is 4.17. The van der Waals surface area contributed by atoms with Gasteiger partial charge in [-0.05, 0) is 25.2 Å². The van der Waals surface area contributed by atoms with E-state index < -0.39 is 0 Å². The second kappa shape index (κ2) is 4.49. The molecule has 0 saturated carbocycles. The molecule has 0 aliphatic heterocycles. The molecule has 1 rings (SSSR count). The van der Waals surface area contributed by atoms with Crippen LogP contribution in [0.5, 0.6) is 0 Å². The lowest BCUT2D eigenvalue weighted by atomic mass is 9.76. The molecule has 0 fully saturated rings. The van der Waals surface area contributed by atoms with Crippen molar-refractivity contribution in [2.75, 3.05) is 0 Å². The molecule has 0 bridgehead atoms. The lowest BCUT2D eigenvalue weighted by Gasteiger charge is -2.29. The van der Waals surface area contributed by atoms with Crippen LogP contribution in [0.4, 0.5) is 0 Å². The summed E-state index contributed by atoms with van der Waals surface area (Å²) in [5, 5.41) is 0. The van der Waals surface area contributed by atoms with Gasteiger partial charge in [0.2, 0.25) is 0 Å². The molecule has 1 aliphatic rings. The van der Waals surface area contributed by atoms with Crippen molar-refractivity contribution < 1.29 is 0 Å². The maximum Gasteiger partial charge on any atom is -0.0230 e. The van der Waals surface area contributed by atoms with Crippen molar-refractivity contribution in [2.24, 2.45) is 5.41 Å². The summed E-state index contributed by atoms with van der Waals surface area (Å²) in [6.45, 7) is 14.8. The van der Waals surface area contributed by atoms with Crippen LogP contribution in [0, 0.1) is 5.41 Å². The maximum atomic E-state index is 3.98. The Morgan fingerprint density at radius 2 is 1.75 bits per heavy atom. The SMILES string of the molecule is C=C1C=C(C)CC(C)(C)C1.CC. The zero-order valence-electron chi connectivity index (χ0n) is 9.20. The Morgan fingerprint density at radius 3 is 2.08 bits per heavy atom. The molecule has 0 aromatic rings. The summed E-state index contributed by atoms with van der Waals surface area (Å²) in [4.78, 5) is 0. The first kappa shape index (κ1) is 11.5. The van der Waals surface area contributed by atoms with E-state index in [1.54, 1.807) is 0 Å². The van der Waals surface area contributed by atoms with Gasteiger partial charge in [-0.1, -0.05) is 51.5 Å². The van der Waals surface area contributed by atoms with E-state index in [-0.39, 0.29) is 0 Å². The van der Waals surface area contributed by atoms with Gasteiger partial charge < -0.3 is 0 Å². The fourth-order valence-electron chi connectivity index (χ4n) is 1.88. The quantitative estimate of drug-likeness (QED) is 0.502. The van der Waals surface area contributed by atoms with E-state index in [1.807, 2.05) is 13.8 Å². The Hall–Kier alpha value is -0.520. The first-order valence-electron chi connectivity index (χ1n) is 4.85. The van der Waals surface area contributed by atoms with Crippen LogP contribution in [0.25, 0.3) is 0 Å². The van der Waals surface area contributed by atoms with Gasteiger partial charge in [0.1, 0.15) is 0 Å². The van der Waals surface area contributed by atoms with Crippen molar-refractivity contribution in [3.8, 4) is 0 Å². The van der Waals surface area contributed by atoms with E-state index in [9.17, 15) is 0 Å². The lowest BCUT2D eigenvalue weighted by Crippen LogP contribution is -2.15. The number of allylic oxidation sites excluding steroid dienone is 3. The third-order valence-corrected chi connectivity index (χ3v) is 1.91. The van der Waals surface area contributed by atoms with Crippen molar-refractivity contribution in [1.29, 1.82) is 0 Å². The van der Waals surface area contributed by atoms with Gasteiger partial charge in [-0.25, -0.2) is 0 Å². The zero-order chi connectivity index (χ0) is 9.78. The van der Waals surface area contributed by atoms with E-state index in [0.29, 0.717) is 5.41 Å². The van der Waals surface area contributed by atoms with Gasteiger partial charge in [0, 0.05) is 0 Å². The fourth-order valence-corrected chi connectivity index (χ4v) is 1.88. The van der Waals surface area contributed by atoms with Gasteiger partial charge in [-0.15, -0.1) is 0 Å². The Morgan fingerprint density at radius 1 is 1.25 bits per heavy atom. The molecule has 0 heterocycles. The van der Waals surface area contributed by atoms with Crippen molar-refractivity contribution in [3.63, 3.8) is 0 Å². The minimum Gasteiger partial charge on any atom is -0.0958 e. The third kappa shape index (κ3) is 3.75. The van der Waals surface area contributed by atoms with E-state index in [0.717, 1.165) is 6.42 Å². The summed E-state index contributed by atoms with van der Waals surface area (Å²) in [6.07, 6.45) is 4.60. The highest BCUT2D eigenvalue weighted by Gasteiger charge is 2.22. The second-order valence-corrected chi connectivity index (χ2v) is 4.17. The molecular formula is C12H22. The molecular weight excluding hydrogens is 144 g/mol. The molecule has 0 spiro atoms. The van der Waals surface area contributed by atoms with Crippen LogP contribution < -0.4 is 0 Å². The molecule has 70 valence electrons. The van der Waals surface area contributed by atoms with Crippen molar-refractivity contribution >= 4 is 0 Å². The molecule has 12 heavy (non-hydrogen) atoms. The number of hydrogen-bond donors (Lipinski definition) is 0. The van der Waals surface area contributed by atoms with Crippen LogP contribution in [0.3, 0.4) is 0 Å². The van der Waals surface area contributed by atoms with Gasteiger partial charge in [0.05, 0.1) is 0 Å². The highest BCUT2D eigenvalue weighted by molar-refractivity contribution is 5.25. The van der Waals surface area contributed by atoms with Crippen molar-refractivity contribution in [1.82, 2.24) is 0 Å². The maximum absolute atomic E-state index is 3.98. The molecule has 0 heteroatoms. The van der Waals surface area contributed by atoms with Gasteiger partial charge in [0.25, 0.3) is 0 Å². The van der Waals surface area contributed by atoms with Crippen LogP contribution in [0.2, 0.25) is 0 Å². The summed E-state index contributed by atoms with van der Waals surface area (Å²) < 4.78 is 0. The van der Waals surface area contributed by atoms with Crippen LogP contribution in [-0.2, 0) is 0 Å². The monoisotopic (exact) mass is 166 g/mol. The van der Waals surface area contributed by atoms with E-state index in [1.165, 1.54) is 17.6 Å². The minimum absolute atomic E-state index is 0.454. The molecule has 0 nitrogen and oxygen atoms in total. The molecule has 0 N–H and O–H groups in total. The summed E-state index contributed by atoms with van der Waals surface area (Å²) in [5.74, 6) is 0. The molecule has 0 aromatic carbocycles. The van der Waals surface area contributed by atoms with E-state index in [4.69, 9.17) is 0 Å². The molecule has 0 saturated heterocycles. The molecule has 0 unspecified atom stereocenters. The summed E-state index contributed by atoms with van der Waals surface area (Å²) >= 11 is 0. The highest BCUT2D eigenvalue weighted by Crippen LogP contribution is 2.36. The lowest BCUT2D eigenvalue weighted by molar-refractivity contribution is 0.352. The summed E-state index contributed by atoms with van der Waals surface area (Å²) in [7, 11) is 0. The standard InChI is InChI=1S/C10H16.C2H6/c1-8-5-9(2)7-10(3,4)6-8;1-2/h5H,1,6-7H2,2-4H3;1-2H3. The number of hydrogen-bond acceptors (Lipinski definition) is 0. The summed E-state index contributed by atoms with van der Waals surface area (Å²) in [5.41, 5.74) is 3.21. The number of rotatable bonds is 0. The Kier molecular flexibility index (Phi) is 4.30. The van der Waals surface area contributed by atoms with Gasteiger partial charge in [-0.3, -0.25) is 0 Å². The third-order valence-electron chi connectivity index (χ3n) is 1.91. The minimum atomic E-state index is 0.454. The topological polar surface area (TPSA) is 0 Å². The average molecular weight is 166 g/mol. The van der Waals surface area contributed by atoms with Gasteiger partial charge >= 0.3 is 0 Å². The molecule has 0 radical (unpaired) electrons. The normalized spacial score (nSPS) is 20.8. The molecule has 1 aliphatic carbocycles.